The van der Waals surface area contributed by atoms with E-state index >= 15 is 0 Å². The normalized spacial score (nSPS) is 12.2. The molecule has 0 aliphatic carbocycles. The van der Waals surface area contributed by atoms with Gasteiger partial charge in [0, 0.05) is 6.04 Å². The van der Waals surface area contributed by atoms with Crippen LogP contribution in [0.4, 0.5) is 0 Å². The van der Waals surface area contributed by atoms with E-state index in [0.29, 0.717) is 6.61 Å². The smallest absolute Gasteiger partial charge is 0.125 e. The van der Waals surface area contributed by atoms with E-state index in [1.807, 2.05) is 0 Å². The van der Waals surface area contributed by atoms with Gasteiger partial charge in [-0.1, -0.05) is 38.6 Å². The van der Waals surface area contributed by atoms with Crippen LogP contribution in [-0.2, 0) is 6.42 Å². The summed E-state index contributed by atoms with van der Waals surface area (Å²) in [5.74, 6) is 0.982. The summed E-state index contributed by atoms with van der Waals surface area (Å²) >= 11 is 0. The molecule has 0 saturated heterocycles. The first kappa shape index (κ1) is 14.8. The zero-order chi connectivity index (χ0) is 13.5. The van der Waals surface area contributed by atoms with E-state index < -0.39 is 0 Å². The zero-order valence-electron chi connectivity index (χ0n) is 11.8. The van der Waals surface area contributed by atoms with Crippen LogP contribution in [0.3, 0.4) is 0 Å². The lowest BCUT2D eigenvalue weighted by Gasteiger charge is -2.17. The van der Waals surface area contributed by atoms with Gasteiger partial charge in [-0.25, -0.2) is 0 Å². The molecule has 0 bridgehead atoms. The highest BCUT2D eigenvalue weighted by molar-refractivity contribution is 5.41. The predicted molar refractivity (Wildman–Crippen MR) is 78.1 cm³/mol. The molecule has 0 aliphatic heterocycles. The Hall–Kier alpha value is -1.28. The first-order chi connectivity index (χ1) is 8.58. The Morgan fingerprint density at radius 3 is 2.72 bits per heavy atom. The number of ether oxygens (including phenoxy) is 1. The molecule has 1 rings (SSSR count). The van der Waals surface area contributed by atoms with Crippen molar-refractivity contribution in [3.05, 3.63) is 41.5 Å². The third-order valence-corrected chi connectivity index (χ3v) is 3.22. The van der Waals surface area contributed by atoms with Crippen molar-refractivity contribution < 1.29 is 4.74 Å². The quantitative estimate of drug-likeness (QED) is 0.747. The van der Waals surface area contributed by atoms with Crippen molar-refractivity contribution in [3.63, 3.8) is 0 Å². The third-order valence-electron chi connectivity index (χ3n) is 3.22. The Kier molecular flexibility index (Phi) is 5.93. The predicted octanol–water partition coefficient (Wildman–Crippen LogP) is 3.62. The van der Waals surface area contributed by atoms with Gasteiger partial charge in [0.25, 0.3) is 0 Å². The maximum atomic E-state index is 6.03. The average Bonchev–Trinajstić information content (AvgIpc) is 2.37. The molecule has 0 heterocycles. The fraction of sp³-hybridized carbons (Fsp3) is 0.500. The lowest BCUT2D eigenvalue weighted by atomic mass is 10.0. The fourth-order valence-electron chi connectivity index (χ4n) is 1.78. The van der Waals surface area contributed by atoms with Crippen LogP contribution < -0.4 is 10.5 Å². The SMILES string of the molecule is C=C(CC)COc1c(C)cccc1CC(N)CC. The molecule has 0 aliphatic rings. The number of nitrogens with two attached hydrogens (primary N) is 1. The summed E-state index contributed by atoms with van der Waals surface area (Å²) in [6.07, 6.45) is 2.80. The molecule has 0 amide bonds. The molecule has 1 aromatic rings. The van der Waals surface area contributed by atoms with Gasteiger partial charge in [-0.2, -0.15) is 0 Å². The van der Waals surface area contributed by atoms with Crippen LogP contribution in [0.2, 0.25) is 0 Å². The molecule has 2 heteroatoms. The molecule has 1 atom stereocenters. The summed E-state index contributed by atoms with van der Waals surface area (Å²) in [4.78, 5) is 0. The van der Waals surface area contributed by atoms with E-state index in [2.05, 4.69) is 45.5 Å². The van der Waals surface area contributed by atoms with E-state index in [0.717, 1.165) is 30.6 Å². The van der Waals surface area contributed by atoms with Gasteiger partial charge in [-0.05, 0) is 42.9 Å². The van der Waals surface area contributed by atoms with Gasteiger partial charge in [0.1, 0.15) is 12.4 Å². The van der Waals surface area contributed by atoms with Crippen LogP contribution in [0.1, 0.15) is 37.8 Å². The minimum atomic E-state index is 0.198. The summed E-state index contributed by atoms with van der Waals surface area (Å²) in [5.41, 5.74) is 9.52. The molecule has 1 unspecified atom stereocenters. The van der Waals surface area contributed by atoms with E-state index in [1.54, 1.807) is 0 Å². The van der Waals surface area contributed by atoms with E-state index in [9.17, 15) is 0 Å². The summed E-state index contributed by atoms with van der Waals surface area (Å²) in [6.45, 7) is 10.8. The van der Waals surface area contributed by atoms with Crippen molar-refractivity contribution in [1.82, 2.24) is 0 Å². The standard InChI is InChI=1S/C16H25NO/c1-5-12(3)11-18-16-13(4)8-7-9-14(16)10-15(17)6-2/h7-9,15H,3,5-6,10-11,17H2,1-2,4H3. The van der Waals surface area contributed by atoms with Crippen molar-refractivity contribution in [1.29, 1.82) is 0 Å². The summed E-state index contributed by atoms with van der Waals surface area (Å²) in [7, 11) is 0. The second-order valence-electron chi connectivity index (χ2n) is 4.83. The van der Waals surface area contributed by atoms with Gasteiger partial charge in [0.15, 0.2) is 0 Å². The van der Waals surface area contributed by atoms with Crippen LogP contribution in [0.25, 0.3) is 0 Å². The number of benzene rings is 1. The highest BCUT2D eigenvalue weighted by Gasteiger charge is 2.10. The number of hydrogen-bond acceptors (Lipinski definition) is 2. The molecule has 0 radical (unpaired) electrons. The molecule has 0 aromatic heterocycles. The summed E-state index contributed by atoms with van der Waals surface area (Å²) in [5, 5.41) is 0. The first-order valence-electron chi connectivity index (χ1n) is 6.72. The number of rotatable bonds is 7. The van der Waals surface area contributed by atoms with Gasteiger partial charge in [0.05, 0.1) is 0 Å². The molecule has 0 saturated carbocycles. The van der Waals surface area contributed by atoms with Crippen molar-refractivity contribution in [2.24, 2.45) is 5.73 Å². The second kappa shape index (κ2) is 7.22. The van der Waals surface area contributed by atoms with Gasteiger partial charge in [-0.15, -0.1) is 0 Å². The van der Waals surface area contributed by atoms with Gasteiger partial charge >= 0.3 is 0 Å². The average molecular weight is 247 g/mol. The van der Waals surface area contributed by atoms with E-state index in [1.165, 1.54) is 11.1 Å². The second-order valence-corrected chi connectivity index (χ2v) is 4.83. The fourth-order valence-corrected chi connectivity index (χ4v) is 1.78. The number of aryl methyl sites for hydroxylation is 1. The first-order valence-corrected chi connectivity index (χ1v) is 6.72. The molecule has 18 heavy (non-hydrogen) atoms. The Morgan fingerprint density at radius 1 is 1.39 bits per heavy atom. The van der Waals surface area contributed by atoms with Gasteiger partial charge in [0.2, 0.25) is 0 Å². The Morgan fingerprint density at radius 2 is 2.11 bits per heavy atom. The molecule has 2 N–H and O–H groups in total. The number of hydrogen-bond donors (Lipinski definition) is 1. The third kappa shape index (κ3) is 4.19. The van der Waals surface area contributed by atoms with Crippen molar-refractivity contribution in [3.8, 4) is 5.75 Å². The lowest BCUT2D eigenvalue weighted by molar-refractivity contribution is 0.341. The van der Waals surface area contributed by atoms with Crippen LogP contribution in [0, 0.1) is 6.92 Å². The van der Waals surface area contributed by atoms with Crippen LogP contribution in [0.15, 0.2) is 30.4 Å². The maximum Gasteiger partial charge on any atom is 0.125 e. The van der Waals surface area contributed by atoms with Crippen molar-refractivity contribution in [2.45, 2.75) is 46.1 Å². The molecular formula is C16H25NO. The van der Waals surface area contributed by atoms with Crippen molar-refractivity contribution >= 4 is 0 Å². The lowest BCUT2D eigenvalue weighted by Crippen LogP contribution is -2.22. The summed E-state index contributed by atoms with van der Waals surface area (Å²) in [6, 6.07) is 6.44. The molecule has 100 valence electrons. The van der Waals surface area contributed by atoms with E-state index in [4.69, 9.17) is 10.5 Å². The minimum absolute atomic E-state index is 0.198. The highest BCUT2D eigenvalue weighted by atomic mass is 16.5. The van der Waals surface area contributed by atoms with Crippen LogP contribution in [0.5, 0.6) is 5.75 Å². The molecule has 0 spiro atoms. The van der Waals surface area contributed by atoms with Crippen LogP contribution >= 0.6 is 0 Å². The maximum absolute atomic E-state index is 6.03. The molecule has 0 fully saturated rings. The molecular weight excluding hydrogens is 222 g/mol. The Balaban J connectivity index is 2.83. The number of para-hydroxylation sites is 1. The largest absolute Gasteiger partial charge is 0.489 e. The zero-order valence-corrected chi connectivity index (χ0v) is 11.8. The van der Waals surface area contributed by atoms with E-state index in [-0.39, 0.29) is 6.04 Å². The molecule has 1 aromatic carbocycles. The van der Waals surface area contributed by atoms with Crippen LogP contribution in [-0.4, -0.2) is 12.6 Å². The van der Waals surface area contributed by atoms with Crippen molar-refractivity contribution in [2.75, 3.05) is 6.61 Å². The topological polar surface area (TPSA) is 35.2 Å². The minimum Gasteiger partial charge on any atom is -0.489 e. The summed E-state index contributed by atoms with van der Waals surface area (Å²) < 4.78 is 5.91. The highest BCUT2D eigenvalue weighted by Crippen LogP contribution is 2.25. The van der Waals surface area contributed by atoms with Gasteiger partial charge < -0.3 is 10.5 Å². The van der Waals surface area contributed by atoms with Gasteiger partial charge in [-0.3, -0.25) is 0 Å². The monoisotopic (exact) mass is 247 g/mol. The Labute approximate surface area is 111 Å². The Bertz CT molecular complexity index is 398. The molecule has 2 nitrogen and oxygen atoms in total.